The number of amides is 1. The van der Waals surface area contributed by atoms with E-state index in [0.29, 0.717) is 25.3 Å². The smallest absolute Gasteiger partial charge is 0.269 e. The third-order valence-corrected chi connectivity index (χ3v) is 3.85. The van der Waals surface area contributed by atoms with Gasteiger partial charge in [-0.05, 0) is 26.8 Å². The molecule has 0 aliphatic carbocycles. The van der Waals surface area contributed by atoms with E-state index < -0.39 is 0 Å². The Bertz CT molecular complexity index is 855. The van der Waals surface area contributed by atoms with E-state index in [-0.39, 0.29) is 5.91 Å². The molecular formula is C15H21N7O. The number of rotatable bonds is 5. The second kappa shape index (κ2) is 5.86. The van der Waals surface area contributed by atoms with Crippen molar-refractivity contribution < 1.29 is 4.79 Å². The lowest BCUT2D eigenvalue weighted by molar-refractivity contribution is 0.0941. The van der Waals surface area contributed by atoms with Crippen molar-refractivity contribution in [2.75, 3.05) is 6.54 Å². The Hall–Kier alpha value is -2.64. The van der Waals surface area contributed by atoms with E-state index in [9.17, 15) is 4.79 Å². The number of nitrogens with one attached hydrogen (secondary N) is 1. The van der Waals surface area contributed by atoms with Crippen molar-refractivity contribution in [3.63, 3.8) is 0 Å². The molecule has 0 unspecified atom stereocenters. The quantitative estimate of drug-likeness (QED) is 0.762. The van der Waals surface area contributed by atoms with E-state index in [1.165, 1.54) is 0 Å². The van der Waals surface area contributed by atoms with Crippen LogP contribution in [0.25, 0.3) is 11.0 Å². The average molecular weight is 315 g/mol. The Labute approximate surface area is 134 Å². The molecule has 0 bridgehead atoms. The van der Waals surface area contributed by atoms with Crippen molar-refractivity contribution in [2.45, 2.75) is 33.9 Å². The molecule has 3 heterocycles. The molecule has 0 spiro atoms. The molecule has 8 nitrogen and oxygen atoms in total. The van der Waals surface area contributed by atoms with Crippen molar-refractivity contribution in [1.29, 1.82) is 0 Å². The van der Waals surface area contributed by atoms with E-state index in [2.05, 4.69) is 20.6 Å². The largest absolute Gasteiger partial charge is 0.349 e. The molecule has 1 N–H and O–H groups in total. The van der Waals surface area contributed by atoms with Crippen molar-refractivity contribution in [3.8, 4) is 0 Å². The van der Waals surface area contributed by atoms with E-state index in [4.69, 9.17) is 0 Å². The minimum Gasteiger partial charge on any atom is -0.349 e. The number of hydrogen-bond donors (Lipinski definition) is 1. The van der Waals surface area contributed by atoms with Gasteiger partial charge >= 0.3 is 0 Å². The summed E-state index contributed by atoms with van der Waals surface area (Å²) in [5, 5.41) is 16.0. The van der Waals surface area contributed by atoms with Gasteiger partial charge in [0.15, 0.2) is 0 Å². The first-order valence-electron chi connectivity index (χ1n) is 7.69. The molecule has 0 saturated heterocycles. The molecule has 0 atom stereocenters. The van der Waals surface area contributed by atoms with Gasteiger partial charge in [-0.3, -0.25) is 18.8 Å². The van der Waals surface area contributed by atoms with Gasteiger partial charge in [0.05, 0.1) is 24.1 Å². The number of carbonyl (C=O) groups excluding carboxylic acids is 1. The van der Waals surface area contributed by atoms with Gasteiger partial charge < -0.3 is 5.32 Å². The molecule has 3 aromatic heterocycles. The van der Waals surface area contributed by atoms with E-state index in [1.807, 2.05) is 37.2 Å². The number of hydrogen-bond acceptors (Lipinski definition) is 4. The van der Waals surface area contributed by atoms with Gasteiger partial charge in [0.1, 0.15) is 16.7 Å². The van der Waals surface area contributed by atoms with Crippen LogP contribution < -0.4 is 5.32 Å². The average Bonchev–Trinajstić information content (AvgIpc) is 3.16. The lowest BCUT2D eigenvalue weighted by Gasteiger charge is -2.07. The lowest BCUT2D eigenvalue weighted by atomic mass is 10.3. The van der Waals surface area contributed by atoms with Crippen LogP contribution in [0.1, 0.15) is 28.8 Å². The summed E-state index contributed by atoms with van der Waals surface area (Å²) in [5.74, 6) is -0.112. The van der Waals surface area contributed by atoms with E-state index in [0.717, 1.165) is 22.4 Å². The highest BCUT2D eigenvalue weighted by Gasteiger charge is 2.14. The van der Waals surface area contributed by atoms with Gasteiger partial charge in [0, 0.05) is 20.1 Å². The first-order chi connectivity index (χ1) is 11.0. The monoisotopic (exact) mass is 315 g/mol. The molecule has 0 aliphatic heterocycles. The van der Waals surface area contributed by atoms with Crippen LogP contribution in [0.3, 0.4) is 0 Å². The first-order valence-corrected chi connectivity index (χ1v) is 7.69. The van der Waals surface area contributed by atoms with Gasteiger partial charge in [-0.25, -0.2) is 0 Å². The summed E-state index contributed by atoms with van der Waals surface area (Å²) in [6.07, 6.45) is 1.80. The zero-order chi connectivity index (χ0) is 16.6. The summed E-state index contributed by atoms with van der Waals surface area (Å²) in [6, 6.07) is 1.80. The standard InChI is InChI=1S/C15H21N7O/c1-5-21-12(8-10(2)18-21)15(23)16-6-7-22-14-11(3)19-20(4)13(14)9-17-22/h8-9H,5-7H2,1-4H3,(H,16,23). The van der Waals surface area contributed by atoms with Gasteiger partial charge in [-0.15, -0.1) is 0 Å². The van der Waals surface area contributed by atoms with Crippen LogP contribution in [0.4, 0.5) is 0 Å². The fraction of sp³-hybridized carbons (Fsp3) is 0.467. The van der Waals surface area contributed by atoms with Crippen LogP contribution in [0.2, 0.25) is 0 Å². The molecule has 0 fully saturated rings. The fourth-order valence-electron chi connectivity index (χ4n) is 2.82. The van der Waals surface area contributed by atoms with E-state index in [1.54, 1.807) is 16.9 Å². The maximum atomic E-state index is 12.3. The highest BCUT2D eigenvalue weighted by molar-refractivity contribution is 5.92. The summed E-state index contributed by atoms with van der Waals surface area (Å²) in [6.45, 7) is 7.58. The van der Waals surface area contributed by atoms with Gasteiger partial charge in [-0.2, -0.15) is 15.3 Å². The minimum absolute atomic E-state index is 0.112. The summed E-state index contributed by atoms with van der Waals surface area (Å²) >= 11 is 0. The fourth-order valence-corrected chi connectivity index (χ4v) is 2.82. The number of aryl methyl sites for hydroxylation is 4. The van der Waals surface area contributed by atoms with Crippen LogP contribution in [-0.4, -0.2) is 41.8 Å². The molecule has 0 saturated carbocycles. The normalized spacial score (nSPS) is 11.3. The third kappa shape index (κ3) is 2.71. The topological polar surface area (TPSA) is 82.6 Å². The SMILES string of the molecule is CCn1nc(C)cc1C(=O)NCCn1ncc2c1c(C)nn2C. The Morgan fingerprint density at radius 1 is 1.26 bits per heavy atom. The van der Waals surface area contributed by atoms with E-state index >= 15 is 0 Å². The molecule has 0 aliphatic rings. The number of fused-ring (bicyclic) bond motifs is 1. The lowest BCUT2D eigenvalue weighted by Crippen LogP contribution is -2.29. The zero-order valence-electron chi connectivity index (χ0n) is 13.9. The van der Waals surface area contributed by atoms with Crippen LogP contribution in [0, 0.1) is 13.8 Å². The Morgan fingerprint density at radius 3 is 2.78 bits per heavy atom. The Kier molecular flexibility index (Phi) is 3.89. The highest BCUT2D eigenvalue weighted by atomic mass is 16.2. The second-order valence-electron chi connectivity index (χ2n) is 5.55. The molecule has 3 aromatic rings. The number of carbonyl (C=O) groups is 1. The predicted octanol–water partition coefficient (Wildman–Crippen LogP) is 1.03. The predicted molar refractivity (Wildman–Crippen MR) is 86.2 cm³/mol. The van der Waals surface area contributed by atoms with Crippen molar-refractivity contribution >= 4 is 16.9 Å². The molecular weight excluding hydrogens is 294 g/mol. The van der Waals surface area contributed by atoms with Crippen molar-refractivity contribution in [1.82, 2.24) is 34.7 Å². The van der Waals surface area contributed by atoms with Crippen LogP contribution in [0.5, 0.6) is 0 Å². The Morgan fingerprint density at radius 2 is 2.04 bits per heavy atom. The molecule has 0 radical (unpaired) electrons. The molecule has 8 heteroatoms. The summed E-state index contributed by atoms with van der Waals surface area (Å²) in [4.78, 5) is 12.3. The van der Waals surface area contributed by atoms with Crippen LogP contribution >= 0.6 is 0 Å². The maximum Gasteiger partial charge on any atom is 0.269 e. The molecule has 3 rings (SSSR count). The van der Waals surface area contributed by atoms with Gasteiger partial charge in [0.2, 0.25) is 0 Å². The molecule has 1 amide bonds. The molecule has 0 aromatic carbocycles. The number of aromatic nitrogens is 6. The zero-order valence-corrected chi connectivity index (χ0v) is 13.9. The van der Waals surface area contributed by atoms with Crippen LogP contribution in [0.15, 0.2) is 12.3 Å². The van der Waals surface area contributed by atoms with Gasteiger partial charge in [0.25, 0.3) is 5.91 Å². The van der Waals surface area contributed by atoms with Crippen molar-refractivity contribution in [2.24, 2.45) is 7.05 Å². The molecule has 23 heavy (non-hydrogen) atoms. The van der Waals surface area contributed by atoms with Gasteiger partial charge in [-0.1, -0.05) is 0 Å². The maximum absolute atomic E-state index is 12.3. The van der Waals surface area contributed by atoms with Crippen molar-refractivity contribution in [3.05, 3.63) is 29.3 Å². The summed E-state index contributed by atoms with van der Waals surface area (Å²) in [7, 11) is 1.90. The minimum atomic E-state index is -0.112. The van der Waals surface area contributed by atoms with Crippen LogP contribution in [-0.2, 0) is 20.1 Å². The molecule has 122 valence electrons. The first kappa shape index (κ1) is 15.3. The highest BCUT2D eigenvalue weighted by Crippen LogP contribution is 2.16. The number of nitrogens with zero attached hydrogens (tertiary/aromatic N) is 6. The second-order valence-corrected chi connectivity index (χ2v) is 5.55. The summed E-state index contributed by atoms with van der Waals surface area (Å²) in [5.41, 5.74) is 4.38. The Balaban J connectivity index is 1.67. The summed E-state index contributed by atoms with van der Waals surface area (Å²) < 4.78 is 5.40. The third-order valence-electron chi connectivity index (χ3n) is 3.85.